The van der Waals surface area contributed by atoms with E-state index < -0.39 is 0 Å². The quantitative estimate of drug-likeness (QED) is 0.921. The zero-order chi connectivity index (χ0) is 17.1. The number of hydrogen-bond acceptors (Lipinski definition) is 4. The number of aromatic amines is 1. The van der Waals surface area contributed by atoms with Crippen LogP contribution in [0.5, 0.6) is 0 Å². The number of piperazine rings is 1. The highest BCUT2D eigenvalue weighted by Gasteiger charge is 2.25. The average Bonchev–Trinajstić information content (AvgIpc) is 2.55. The lowest BCUT2D eigenvalue weighted by atomic mass is 10.1. The number of carbonyl (C=O) groups is 1. The van der Waals surface area contributed by atoms with Crippen molar-refractivity contribution in [2.24, 2.45) is 0 Å². The van der Waals surface area contributed by atoms with Crippen LogP contribution in [0, 0.1) is 0 Å². The van der Waals surface area contributed by atoms with Crippen LogP contribution in [0.15, 0.2) is 29.1 Å². The largest absolute Gasteiger partial charge is 0.337 e. The Morgan fingerprint density at radius 1 is 1.33 bits per heavy atom. The average molecular weight is 328 g/mol. The number of amides is 1. The molecule has 0 saturated carbocycles. The van der Waals surface area contributed by atoms with E-state index in [9.17, 15) is 9.59 Å². The van der Waals surface area contributed by atoms with Gasteiger partial charge in [-0.25, -0.2) is 4.98 Å². The molecule has 1 amide bonds. The van der Waals surface area contributed by atoms with E-state index >= 15 is 0 Å². The number of para-hydroxylation sites is 1. The fourth-order valence-corrected chi connectivity index (χ4v) is 3.31. The van der Waals surface area contributed by atoms with E-state index in [4.69, 9.17) is 0 Å². The van der Waals surface area contributed by atoms with Crippen LogP contribution >= 0.6 is 0 Å². The van der Waals surface area contributed by atoms with Crippen molar-refractivity contribution >= 4 is 16.8 Å². The number of aromatic nitrogens is 2. The maximum Gasteiger partial charge on any atom is 0.258 e. The Hall–Kier alpha value is -2.21. The summed E-state index contributed by atoms with van der Waals surface area (Å²) in [5, 5.41) is 0.601. The second-order valence-corrected chi connectivity index (χ2v) is 6.58. The van der Waals surface area contributed by atoms with Crippen LogP contribution in [-0.2, 0) is 11.2 Å². The summed E-state index contributed by atoms with van der Waals surface area (Å²) in [5.41, 5.74) is 0.588. The molecule has 1 aromatic carbocycles. The van der Waals surface area contributed by atoms with Gasteiger partial charge in [0.25, 0.3) is 5.56 Å². The van der Waals surface area contributed by atoms with Crippen molar-refractivity contribution in [2.45, 2.75) is 32.2 Å². The summed E-state index contributed by atoms with van der Waals surface area (Å²) in [6.45, 7) is 4.73. The molecule has 6 nitrogen and oxygen atoms in total. The molecule has 0 unspecified atom stereocenters. The summed E-state index contributed by atoms with van der Waals surface area (Å²) in [6, 6.07) is 7.56. The van der Waals surface area contributed by atoms with Crippen molar-refractivity contribution in [1.82, 2.24) is 19.8 Å². The van der Waals surface area contributed by atoms with Crippen molar-refractivity contribution < 1.29 is 4.79 Å². The second kappa shape index (κ2) is 7.13. The van der Waals surface area contributed by atoms with E-state index in [1.165, 1.54) is 0 Å². The van der Waals surface area contributed by atoms with Crippen molar-refractivity contribution in [3.05, 3.63) is 40.4 Å². The summed E-state index contributed by atoms with van der Waals surface area (Å²) in [6.07, 6.45) is 1.79. The Balaban J connectivity index is 1.58. The Morgan fingerprint density at radius 2 is 2.12 bits per heavy atom. The zero-order valence-corrected chi connectivity index (χ0v) is 14.3. The van der Waals surface area contributed by atoms with Crippen molar-refractivity contribution in [3.8, 4) is 0 Å². The maximum atomic E-state index is 12.4. The van der Waals surface area contributed by atoms with Gasteiger partial charge < -0.3 is 14.8 Å². The smallest absolute Gasteiger partial charge is 0.258 e. The van der Waals surface area contributed by atoms with Gasteiger partial charge in [-0.05, 0) is 32.5 Å². The number of fused-ring (bicyclic) bond motifs is 1. The molecular weight excluding hydrogens is 304 g/mol. The lowest BCUT2D eigenvalue weighted by Gasteiger charge is -2.38. The molecule has 1 N–H and O–H groups in total. The molecule has 1 aliphatic rings. The predicted octanol–water partition coefficient (Wildman–Crippen LogP) is 1.41. The first kappa shape index (κ1) is 16.6. The van der Waals surface area contributed by atoms with Gasteiger partial charge in [0.1, 0.15) is 5.82 Å². The summed E-state index contributed by atoms with van der Waals surface area (Å²) in [4.78, 5) is 36.0. The van der Waals surface area contributed by atoms with Crippen LogP contribution in [0.4, 0.5) is 0 Å². The van der Waals surface area contributed by atoms with Gasteiger partial charge in [0, 0.05) is 38.5 Å². The fraction of sp³-hybridized carbons (Fsp3) is 0.500. The molecule has 0 spiro atoms. The summed E-state index contributed by atoms with van der Waals surface area (Å²) in [7, 11) is 2.08. The third-order valence-electron chi connectivity index (χ3n) is 4.62. The highest BCUT2D eigenvalue weighted by molar-refractivity contribution is 5.77. The Bertz CT molecular complexity index is 786. The van der Waals surface area contributed by atoms with E-state index in [1.807, 2.05) is 23.1 Å². The molecule has 2 aromatic rings. The van der Waals surface area contributed by atoms with Crippen LogP contribution in [0.2, 0.25) is 0 Å². The minimum Gasteiger partial charge on any atom is -0.337 e. The molecule has 6 heteroatoms. The van der Waals surface area contributed by atoms with Gasteiger partial charge in [0.15, 0.2) is 0 Å². The van der Waals surface area contributed by atoms with E-state index in [2.05, 4.69) is 28.8 Å². The van der Waals surface area contributed by atoms with Crippen molar-refractivity contribution in [2.75, 3.05) is 26.7 Å². The minimum atomic E-state index is -0.116. The molecule has 1 aliphatic heterocycles. The number of likely N-dealkylation sites (N-methyl/N-ethyl adjacent to an activating group) is 1. The van der Waals surface area contributed by atoms with Gasteiger partial charge in [0.05, 0.1) is 10.9 Å². The van der Waals surface area contributed by atoms with Crippen LogP contribution in [-0.4, -0.2) is 58.4 Å². The minimum absolute atomic E-state index is 0.116. The highest BCUT2D eigenvalue weighted by atomic mass is 16.2. The van der Waals surface area contributed by atoms with Gasteiger partial charge in [-0.15, -0.1) is 0 Å². The Morgan fingerprint density at radius 3 is 2.92 bits per heavy atom. The number of nitrogens with zero attached hydrogens (tertiary/aromatic N) is 3. The van der Waals surface area contributed by atoms with Crippen LogP contribution in [0.1, 0.15) is 25.6 Å². The Labute approximate surface area is 141 Å². The fourth-order valence-electron chi connectivity index (χ4n) is 3.31. The standard InChI is InChI=1S/C18H24N4O2/c1-13-12-21(2)10-11-22(13)17(23)9-5-8-16-19-15-7-4-3-6-14(15)18(24)20-16/h3-4,6-7,13H,5,8-12H2,1-2H3,(H,19,20,24)/t13-/m0/s1. The number of carbonyl (C=O) groups excluding carboxylic acids is 1. The van der Waals surface area contributed by atoms with Crippen LogP contribution < -0.4 is 5.56 Å². The third kappa shape index (κ3) is 3.64. The molecule has 0 radical (unpaired) electrons. The molecule has 128 valence electrons. The first-order chi connectivity index (χ1) is 11.5. The number of benzene rings is 1. The second-order valence-electron chi connectivity index (χ2n) is 6.58. The van der Waals surface area contributed by atoms with Crippen molar-refractivity contribution in [1.29, 1.82) is 0 Å². The lowest BCUT2D eigenvalue weighted by molar-refractivity contribution is -0.135. The third-order valence-corrected chi connectivity index (χ3v) is 4.62. The van der Waals surface area contributed by atoms with Gasteiger partial charge in [-0.3, -0.25) is 9.59 Å². The van der Waals surface area contributed by atoms with E-state index in [1.54, 1.807) is 6.07 Å². The van der Waals surface area contributed by atoms with Gasteiger partial charge >= 0.3 is 0 Å². The van der Waals surface area contributed by atoms with Gasteiger partial charge in [-0.2, -0.15) is 0 Å². The molecular formula is C18H24N4O2. The topological polar surface area (TPSA) is 69.3 Å². The number of H-pyrrole nitrogens is 1. The van der Waals surface area contributed by atoms with E-state index in [0.717, 1.165) is 19.6 Å². The first-order valence-electron chi connectivity index (χ1n) is 8.50. The molecule has 1 aromatic heterocycles. The van der Waals surface area contributed by atoms with Crippen LogP contribution in [0.3, 0.4) is 0 Å². The number of rotatable bonds is 4. The van der Waals surface area contributed by atoms with E-state index in [0.29, 0.717) is 36.0 Å². The van der Waals surface area contributed by atoms with Gasteiger partial charge in [-0.1, -0.05) is 12.1 Å². The molecule has 0 bridgehead atoms. The SMILES string of the molecule is C[C@H]1CN(C)CCN1C(=O)CCCc1nc2ccccc2c(=O)[nH]1. The molecule has 24 heavy (non-hydrogen) atoms. The lowest BCUT2D eigenvalue weighted by Crippen LogP contribution is -2.52. The maximum absolute atomic E-state index is 12.4. The summed E-state index contributed by atoms with van der Waals surface area (Å²) >= 11 is 0. The molecule has 1 fully saturated rings. The van der Waals surface area contributed by atoms with E-state index in [-0.39, 0.29) is 17.5 Å². The number of nitrogens with one attached hydrogen (secondary N) is 1. The van der Waals surface area contributed by atoms with Gasteiger partial charge in [0.2, 0.25) is 5.91 Å². The summed E-state index contributed by atoms with van der Waals surface area (Å²) < 4.78 is 0. The monoisotopic (exact) mass is 328 g/mol. The Kier molecular flexibility index (Phi) is 4.94. The number of aryl methyl sites for hydroxylation is 1. The summed E-state index contributed by atoms with van der Waals surface area (Å²) in [5.74, 6) is 0.844. The molecule has 0 aliphatic carbocycles. The highest BCUT2D eigenvalue weighted by Crippen LogP contribution is 2.12. The zero-order valence-electron chi connectivity index (χ0n) is 14.3. The van der Waals surface area contributed by atoms with Crippen LogP contribution in [0.25, 0.3) is 10.9 Å². The van der Waals surface area contributed by atoms with Crippen molar-refractivity contribution in [3.63, 3.8) is 0 Å². The predicted molar refractivity (Wildman–Crippen MR) is 94.0 cm³/mol. The normalized spacial score (nSPS) is 18.9. The molecule has 3 rings (SSSR count). The molecule has 1 atom stereocenters. The first-order valence-corrected chi connectivity index (χ1v) is 8.50. The molecule has 1 saturated heterocycles. The molecule has 2 heterocycles. The number of hydrogen-bond donors (Lipinski definition) is 1.